The predicted molar refractivity (Wildman–Crippen MR) is 144 cm³/mol. The minimum atomic E-state index is 0.811. The van der Waals surface area contributed by atoms with E-state index < -0.39 is 0 Å². The third kappa shape index (κ3) is 4.14. The van der Waals surface area contributed by atoms with Crippen molar-refractivity contribution in [2.75, 3.05) is 0 Å². The summed E-state index contributed by atoms with van der Waals surface area (Å²) >= 11 is 3.42. The Kier molecular flexibility index (Phi) is 5.24. The molecule has 0 aliphatic carbocycles. The number of benzene rings is 4. The Morgan fingerprint density at radius 1 is 0.529 bits per heavy atom. The van der Waals surface area contributed by atoms with Gasteiger partial charge >= 0.3 is 0 Å². The van der Waals surface area contributed by atoms with E-state index in [2.05, 4.69) is 84.7 Å². The number of rotatable bonds is 4. The molecule has 2 aromatic heterocycles. The molecule has 0 spiro atoms. The Labute approximate surface area is 205 Å². The summed E-state index contributed by atoms with van der Waals surface area (Å²) in [7, 11) is 0. The van der Waals surface area contributed by atoms with E-state index in [0.29, 0.717) is 0 Å². The second-order valence-electron chi connectivity index (χ2n) is 8.27. The molecule has 0 amide bonds. The van der Waals surface area contributed by atoms with Gasteiger partial charge in [-0.2, -0.15) is 10.2 Å². The third-order valence-corrected chi connectivity index (χ3v) is 7.73. The van der Waals surface area contributed by atoms with Crippen LogP contribution in [0, 0.1) is 13.8 Å². The van der Waals surface area contributed by atoms with Crippen LogP contribution >= 0.6 is 22.7 Å². The first-order chi connectivity index (χ1) is 16.6. The van der Waals surface area contributed by atoms with Crippen molar-refractivity contribution in [1.82, 2.24) is 9.97 Å². The maximum Gasteiger partial charge on any atom is 0.124 e. The minimum absolute atomic E-state index is 0.811. The van der Waals surface area contributed by atoms with E-state index >= 15 is 0 Å². The average Bonchev–Trinajstić information content (AvgIpc) is 3.47. The van der Waals surface area contributed by atoms with E-state index in [-0.39, 0.29) is 0 Å². The summed E-state index contributed by atoms with van der Waals surface area (Å²) in [4.78, 5) is 9.52. The topological polar surface area (TPSA) is 50.5 Å². The highest BCUT2D eigenvalue weighted by atomic mass is 32.1. The van der Waals surface area contributed by atoms with Crippen LogP contribution in [0.5, 0.6) is 0 Å². The average molecular weight is 477 g/mol. The molecule has 6 rings (SSSR count). The summed E-state index contributed by atoms with van der Waals surface area (Å²) in [6, 6.07) is 28.9. The first-order valence-electron chi connectivity index (χ1n) is 11.0. The fraction of sp³-hybridized carbons (Fsp3) is 0.0714. The van der Waals surface area contributed by atoms with Crippen LogP contribution in [-0.2, 0) is 0 Å². The van der Waals surface area contributed by atoms with E-state index in [0.717, 1.165) is 43.6 Å². The molecule has 0 bridgehead atoms. The predicted octanol–water partition coefficient (Wildman–Crippen LogP) is 9.27. The van der Waals surface area contributed by atoms with Crippen LogP contribution in [0.25, 0.3) is 41.6 Å². The van der Waals surface area contributed by atoms with Crippen LogP contribution in [0.1, 0.15) is 11.1 Å². The zero-order chi connectivity index (χ0) is 23.1. The lowest BCUT2D eigenvalue weighted by molar-refractivity contribution is 1.23. The smallest absolute Gasteiger partial charge is 0.124 e. The van der Waals surface area contributed by atoms with Gasteiger partial charge in [-0.3, -0.25) is 0 Å². The van der Waals surface area contributed by atoms with Gasteiger partial charge in [0, 0.05) is 11.1 Å². The standard InChI is InChI=1S/C28H20N4S2/c1-17-3-13-23-25(15-17)33-27(29-23)19-5-9-21(10-6-19)31-32-22-11-7-20(8-12-22)28-30-24-14-4-18(2)16-26(24)34-28/h3-16H,1-2H3/b32-31+. The van der Waals surface area contributed by atoms with Gasteiger partial charge in [-0.05, 0) is 97.8 Å². The zero-order valence-electron chi connectivity index (χ0n) is 18.7. The molecule has 0 N–H and O–H groups in total. The molecule has 0 aliphatic rings. The summed E-state index contributed by atoms with van der Waals surface area (Å²) in [5.74, 6) is 0. The second-order valence-corrected chi connectivity index (χ2v) is 10.3. The Morgan fingerprint density at radius 3 is 1.35 bits per heavy atom. The molecule has 0 aliphatic heterocycles. The number of aromatic nitrogens is 2. The number of nitrogens with zero attached hydrogens (tertiary/aromatic N) is 4. The fourth-order valence-electron chi connectivity index (χ4n) is 3.77. The molecule has 0 atom stereocenters. The van der Waals surface area contributed by atoms with Crippen molar-refractivity contribution in [2.24, 2.45) is 10.2 Å². The van der Waals surface area contributed by atoms with Crippen LogP contribution in [0.2, 0.25) is 0 Å². The lowest BCUT2D eigenvalue weighted by Gasteiger charge is -1.98. The molecule has 34 heavy (non-hydrogen) atoms. The molecular formula is C28H20N4S2. The van der Waals surface area contributed by atoms with Crippen LogP contribution in [0.4, 0.5) is 11.4 Å². The first-order valence-corrected chi connectivity index (χ1v) is 12.6. The molecule has 0 saturated carbocycles. The van der Waals surface area contributed by atoms with Gasteiger partial charge in [-0.25, -0.2) is 9.97 Å². The molecule has 0 saturated heterocycles. The molecule has 0 unspecified atom stereocenters. The Morgan fingerprint density at radius 2 is 0.941 bits per heavy atom. The molecule has 0 fully saturated rings. The normalized spacial score (nSPS) is 11.7. The maximum atomic E-state index is 4.76. The van der Waals surface area contributed by atoms with E-state index in [9.17, 15) is 0 Å². The van der Waals surface area contributed by atoms with Crippen molar-refractivity contribution < 1.29 is 0 Å². The zero-order valence-corrected chi connectivity index (χ0v) is 20.3. The van der Waals surface area contributed by atoms with Crippen molar-refractivity contribution in [1.29, 1.82) is 0 Å². The highest BCUT2D eigenvalue weighted by Crippen LogP contribution is 2.33. The van der Waals surface area contributed by atoms with Crippen LogP contribution in [-0.4, -0.2) is 9.97 Å². The van der Waals surface area contributed by atoms with Crippen molar-refractivity contribution in [2.45, 2.75) is 13.8 Å². The third-order valence-electron chi connectivity index (χ3n) is 5.60. The lowest BCUT2D eigenvalue weighted by atomic mass is 10.2. The number of hydrogen-bond acceptors (Lipinski definition) is 6. The van der Waals surface area contributed by atoms with Crippen LogP contribution in [0.15, 0.2) is 95.2 Å². The number of azo groups is 1. The van der Waals surface area contributed by atoms with Crippen LogP contribution < -0.4 is 0 Å². The largest absolute Gasteiger partial charge is 0.236 e. The van der Waals surface area contributed by atoms with Gasteiger partial charge in [0.15, 0.2) is 0 Å². The molecule has 2 heterocycles. The Bertz CT molecular complexity index is 1530. The maximum absolute atomic E-state index is 4.76. The summed E-state index contributed by atoms with van der Waals surface area (Å²) < 4.78 is 2.42. The molecule has 4 nitrogen and oxygen atoms in total. The summed E-state index contributed by atoms with van der Waals surface area (Å²) in [5.41, 5.74) is 8.39. The molecule has 6 heteroatoms. The summed E-state index contributed by atoms with van der Waals surface area (Å²) in [6.07, 6.45) is 0. The van der Waals surface area contributed by atoms with Crippen molar-refractivity contribution in [3.05, 3.63) is 96.1 Å². The van der Waals surface area contributed by atoms with Gasteiger partial charge in [0.2, 0.25) is 0 Å². The highest BCUT2D eigenvalue weighted by Gasteiger charge is 2.08. The fourth-order valence-corrected chi connectivity index (χ4v) is 5.91. The van der Waals surface area contributed by atoms with Crippen LogP contribution in [0.3, 0.4) is 0 Å². The van der Waals surface area contributed by atoms with E-state index in [1.54, 1.807) is 22.7 Å². The van der Waals surface area contributed by atoms with Crippen molar-refractivity contribution >= 4 is 54.5 Å². The van der Waals surface area contributed by atoms with Gasteiger partial charge in [0.05, 0.1) is 31.8 Å². The van der Waals surface area contributed by atoms with E-state index in [1.165, 1.54) is 20.5 Å². The number of aryl methyl sites for hydroxylation is 2. The highest BCUT2D eigenvalue weighted by molar-refractivity contribution is 7.22. The molecule has 6 aromatic rings. The first kappa shape index (κ1) is 20.8. The minimum Gasteiger partial charge on any atom is -0.236 e. The number of thiazole rings is 2. The van der Waals surface area contributed by atoms with E-state index in [1.807, 2.05) is 24.3 Å². The van der Waals surface area contributed by atoms with Crippen molar-refractivity contribution in [3.8, 4) is 21.1 Å². The molecule has 164 valence electrons. The van der Waals surface area contributed by atoms with Gasteiger partial charge in [0.1, 0.15) is 10.0 Å². The van der Waals surface area contributed by atoms with E-state index in [4.69, 9.17) is 9.97 Å². The SMILES string of the molecule is Cc1ccc2nc(-c3ccc(/N=N/c4ccc(-c5nc6ccc(C)cc6s5)cc4)cc3)sc2c1. The monoisotopic (exact) mass is 476 g/mol. The lowest BCUT2D eigenvalue weighted by Crippen LogP contribution is -1.76. The van der Waals surface area contributed by atoms with Gasteiger partial charge in [0.25, 0.3) is 0 Å². The van der Waals surface area contributed by atoms with Gasteiger partial charge in [-0.15, -0.1) is 22.7 Å². The molecule has 0 radical (unpaired) electrons. The quantitative estimate of drug-likeness (QED) is 0.238. The number of hydrogen-bond donors (Lipinski definition) is 0. The summed E-state index contributed by atoms with van der Waals surface area (Å²) in [6.45, 7) is 4.21. The Hall–Kier alpha value is -3.74. The molecule has 4 aromatic carbocycles. The van der Waals surface area contributed by atoms with Gasteiger partial charge < -0.3 is 0 Å². The van der Waals surface area contributed by atoms with Gasteiger partial charge in [-0.1, -0.05) is 12.1 Å². The summed E-state index contributed by atoms with van der Waals surface area (Å²) in [5, 5.41) is 10.9. The molecular weight excluding hydrogens is 456 g/mol. The van der Waals surface area contributed by atoms with Crippen molar-refractivity contribution in [3.63, 3.8) is 0 Å². The number of fused-ring (bicyclic) bond motifs is 2. The Balaban J connectivity index is 1.18. The second kappa shape index (κ2) is 8.56.